The van der Waals surface area contributed by atoms with Crippen molar-refractivity contribution in [2.45, 2.75) is 56.6 Å². The molecule has 1 saturated carbocycles. The second-order valence-corrected chi connectivity index (χ2v) is 9.73. The number of hydrogen-bond acceptors (Lipinski definition) is 5. The Hall–Kier alpha value is -3.13. The summed E-state index contributed by atoms with van der Waals surface area (Å²) in [5.41, 5.74) is 2.14. The lowest BCUT2D eigenvalue weighted by Crippen LogP contribution is -2.43. The monoisotopic (exact) mass is 480 g/mol. The van der Waals surface area contributed by atoms with Crippen molar-refractivity contribution in [1.82, 2.24) is 30.0 Å². The number of amides is 2. The second kappa shape index (κ2) is 9.62. The Bertz CT molecular complexity index is 1160. The first-order valence-corrected chi connectivity index (χ1v) is 12.1. The van der Waals surface area contributed by atoms with Gasteiger partial charge in [0.1, 0.15) is 17.8 Å². The largest absolute Gasteiger partial charge is 0.474 e. The number of carbonyl (C=O) groups excluding carboxylic acids is 1. The Labute approximate surface area is 204 Å². The van der Waals surface area contributed by atoms with Crippen molar-refractivity contribution in [3.8, 4) is 11.6 Å². The summed E-state index contributed by atoms with van der Waals surface area (Å²) in [6, 6.07) is 11.5. The zero-order valence-corrected chi connectivity index (χ0v) is 20.2. The molecular weight excluding hydrogens is 452 g/mol. The highest BCUT2D eigenvalue weighted by Crippen LogP contribution is 2.37. The van der Waals surface area contributed by atoms with Crippen LogP contribution < -0.4 is 10.1 Å². The SMILES string of the molecule is CN(C)C(=O)NC1Cc2cc(Cl)ccc2-n2c(nnc2[C@H]2CC[C@H](Oc3ccccn3)CC2)C1. The van der Waals surface area contributed by atoms with Gasteiger partial charge < -0.3 is 15.0 Å². The van der Waals surface area contributed by atoms with Crippen LogP contribution >= 0.6 is 11.6 Å². The maximum Gasteiger partial charge on any atom is 0.317 e. The number of aromatic nitrogens is 4. The van der Waals surface area contributed by atoms with Crippen LogP contribution in [0.3, 0.4) is 0 Å². The van der Waals surface area contributed by atoms with E-state index in [-0.39, 0.29) is 18.2 Å². The van der Waals surface area contributed by atoms with E-state index in [1.165, 1.54) is 0 Å². The fraction of sp³-hybridized carbons (Fsp3) is 0.440. The van der Waals surface area contributed by atoms with Gasteiger partial charge in [-0.25, -0.2) is 9.78 Å². The van der Waals surface area contributed by atoms with Gasteiger partial charge in [0, 0.05) is 49.8 Å². The van der Waals surface area contributed by atoms with E-state index in [9.17, 15) is 4.79 Å². The molecular formula is C25H29ClN6O2. The van der Waals surface area contributed by atoms with E-state index in [0.717, 1.165) is 48.6 Å². The molecule has 2 aromatic heterocycles. The number of halogens is 1. The van der Waals surface area contributed by atoms with Gasteiger partial charge in [0.05, 0.1) is 5.69 Å². The van der Waals surface area contributed by atoms with Crippen LogP contribution in [0.2, 0.25) is 5.02 Å². The number of urea groups is 1. The van der Waals surface area contributed by atoms with Crippen LogP contribution in [0, 0.1) is 0 Å². The minimum absolute atomic E-state index is 0.0899. The molecule has 34 heavy (non-hydrogen) atoms. The van der Waals surface area contributed by atoms with Crippen molar-refractivity contribution in [3.63, 3.8) is 0 Å². The first-order valence-electron chi connectivity index (χ1n) is 11.8. The van der Waals surface area contributed by atoms with Gasteiger partial charge >= 0.3 is 6.03 Å². The minimum Gasteiger partial charge on any atom is -0.474 e. The molecule has 2 aliphatic rings. The second-order valence-electron chi connectivity index (χ2n) is 9.29. The summed E-state index contributed by atoms with van der Waals surface area (Å²) in [7, 11) is 3.48. The zero-order valence-electron chi connectivity index (χ0n) is 19.4. The van der Waals surface area contributed by atoms with E-state index in [0.29, 0.717) is 29.7 Å². The minimum atomic E-state index is -0.118. The number of carbonyl (C=O) groups is 1. The van der Waals surface area contributed by atoms with Crippen LogP contribution in [-0.2, 0) is 12.8 Å². The van der Waals surface area contributed by atoms with Crippen LogP contribution in [0.15, 0.2) is 42.6 Å². The topological polar surface area (TPSA) is 85.2 Å². The van der Waals surface area contributed by atoms with Crippen molar-refractivity contribution in [2.24, 2.45) is 0 Å². The molecule has 1 fully saturated rings. The standard InChI is InChI=1S/C25H29ClN6O2/c1-31(2)25(33)28-19-14-17-13-18(26)8-11-21(17)32-22(15-19)29-30-24(32)16-6-9-20(10-7-16)34-23-5-3-4-12-27-23/h3-5,8,11-13,16,19-20H,6-7,9-10,14-15H2,1-2H3,(H,28,33)/t16-,19?,20-. The summed E-state index contributed by atoms with van der Waals surface area (Å²) in [4.78, 5) is 18.2. The number of fused-ring (bicyclic) bond motifs is 3. The molecule has 1 aliphatic carbocycles. The summed E-state index contributed by atoms with van der Waals surface area (Å²) in [6.07, 6.45) is 7.04. The predicted molar refractivity (Wildman–Crippen MR) is 130 cm³/mol. The number of nitrogens with zero attached hydrogens (tertiary/aromatic N) is 5. The number of nitrogens with one attached hydrogen (secondary N) is 1. The van der Waals surface area contributed by atoms with Gasteiger partial charge in [0.25, 0.3) is 0 Å². The number of ether oxygens (including phenoxy) is 1. The van der Waals surface area contributed by atoms with E-state index < -0.39 is 0 Å². The van der Waals surface area contributed by atoms with Crippen molar-refractivity contribution in [3.05, 3.63) is 64.8 Å². The van der Waals surface area contributed by atoms with E-state index in [4.69, 9.17) is 16.3 Å². The van der Waals surface area contributed by atoms with Crippen molar-refractivity contribution < 1.29 is 9.53 Å². The van der Waals surface area contributed by atoms with Crippen LogP contribution in [0.1, 0.15) is 48.8 Å². The molecule has 8 nitrogen and oxygen atoms in total. The van der Waals surface area contributed by atoms with Gasteiger partial charge in [-0.15, -0.1) is 10.2 Å². The maximum absolute atomic E-state index is 12.4. The molecule has 0 spiro atoms. The number of rotatable bonds is 4. The van der Waals surface area contributed by atoms with Crippen molar-refractivity contribution in [1.29, 1.82) is 0 Å². The lowest BCUT2D eigenvalue weighted by atomic mass is 9.86. The molecule has 1 aliphatic heterocycles. The van der Waals surface area contributed by atoms with E-state index in [2.05, 4.69) is 25.1 Å². The highest BCUT2D eigenvalue weighted by Gasteiger charge is 2.32. The Morgan fingerprint density at radius 2 is 1.94 bits per heavy atom. The number of pyridine rings is 1. The Morgan fingerprint density at radius 1 is 1.12 bits per heavy atom. The van der Waals surface area contributed by atoms with Crippen LogP contribution in [0.5, 0.6) is 5.88 Å². The summed E-state index contributed by atoms with van der Waals surface area (Å²) in [5.74, 6) is 2.82. The molecule has 3 heterocycles. The Balaban J connectivity index is 1.38. The molecule has 1 N–H and O–H groups in total. The first-order chi connectivity index (χ1) is 16.5. The van der Waals surface area contributed by atoms with Crippen molar-refractivity contribution >= 4 is 17.6 Å². The van der Waals surface area contributed by atoms with Gasteiger partial charge in [-0.05, 0) is 61.9 Å². The van der Waals surface area contributed by atoms with Gasteiger partial charge in [-0.1, -0.05) is 17.7 Å². The van der Waals surface area contributed by atoms with Gasteiger partial charge in [0.15, 0.2) is 0 Å². The third-order valence-corrected chi connectivity index (χ3v) is 6.87. The fourth-order valence-electron chi connectivity index (χ4n) is 4.92. The molecule has 0 radical (unpaired) electrons. The molecule has 2 amide bonds. The smallest absolute Gasteiger partial charge is 0.317 e. The molecule has 0 bridgehead atoms. The molecule has 5 rings (SSSR count). The molecule has 178 valence electrons. The van der Waals surface area contributed by atoms with Crippen LogP contribution in [0.4, 0.5) is 4.79 Å². The lowest BCUT2D eigenvalue weighted by Gasteiger charge is -2.28. The lowest BCUT2D eigenvalue weighted by molar-refractivity contribution is 0.139. The predicted octanol–water partition coefficient (Wildman–Crippen LogP) is 4.16. The number of hydrogen-bond donors (Lipinski definition) is 1. The third kappa shape index (κ3) is 4.73. The normalized spacial score (nSPS) is 21.7. The molecule has 1 aromatic carbocycles. The number of benzene rings is 1. The Kier molecular flexibility index (Phi) is 6.41. The summed E-state index contributed by atoms with van der Waals surface area (Å²) in [6.45, 7) is 0. The highest BCUT2D eigenvalue weighted by atomic mass is 35.5. The average molecular weight is 481 g/mol. The summed E-state index contributed by atoms with van der Waals surface area (Å²) < 4.78 is 8.27. The van der Waals surface area contributed by atoms with Gasteiger partial charge in [0.2, 0.25) is 5.88 Å². The molecule has 1 atom stereocenters. The van der Waals surface area contributed by atoms with Crippen molar-refractivity contribution in [2.75, 3.05) is 14.1 Å². The van der Waals surface area contributed by atoms with Gasteiger partial charge in [-0.2, -0.15) is 0 Å². The summed E-state index contributed by atoms with van der Waals surface area (Å²) >= 11 is 6.35. The van der Waals surface area contributed by atoms with E-state index in [1.807, 2.05) is 36.4 Å². The van der Waals surface area contributed by atoms with E-state index >= 15 is 0 Å². The zero-order chi connectivity index (χ0) is 23.7. The molecule has 0 saturated heterocycles. The Morgan fingerprint density at radius 3 is 2.68 bits per heavy atom. The molecule has 9 heteroatoms. The van der Waals surface area contributed by atoms with Gasteiger partial charge in [-0.3, -0.25) is 4.57 Å². The maximum atomic E-state index is 12.4. The third-order valence-electron chi connectivity index (χ3n) is 6.63. The van der Waals surface area contributed by atoms with E-state index in [1.54, 1.807) is 25.2 Å². The quantitative estimate of drug-likeness (QED) is 0.606. The average Bonchev–Trinajstić information content (AvgIpc) is 3.17. The fourth-order valence-corrected chi connectivity index (χ4v) is 5.11. The highest BCUT2D eigenvalue weighted by molar-refractivity contribution is 6.30. The first kappa shape index (κ1) is 22.7. The molecule has 1 unspecified atom stereocenters. The van der Waals surface area contributed by atoms with Crippen LogP contribution in [0.25, 0.3) is 5.69 Å². The molecule has 3 aromatic rings. The van der Waals surface area contributed by atoms with Crippen LogP contribution in [-0.4, -0.2) is 56.9 Å². The summed E-state index contributed by atoms with van der Waals surface area (Å²) in [5, 5.41) is 13.0.